The summed E-state index contributed by atoms with van der Waals surface area (Å²) in [6.07, 6.45) is 8.92. The minimum absolute atomic E-state index is 0.166. The lowest BCUT2D eigenvalue weighted by Gasteiger charge is -2.06. The molecule has 0 unspecified atom stereocenters. The van der Waals surface area contributed by atoms with Gasteiger partial charge in [-0.15, -0.1) is 0 Å². The average molecular weight is 285 g/mol. The van der Waals surface area contributed by atoms with Gasteiger partial charge >= 0.3 is 0 Å². The van der Waals surface area contributed by atoms with Crippen molar-refractivity contribution in [3.63, 3.8) is 0 Å². The van der Waals surface area contributed by atoms with Crippen LogP contribution in [0.25, 0.3) is 5.52 Å². The highest BCUT2D eigenvalue weighted by Crippen LogP contribution is 2.23. The van der Waals surface area contributed by atoms with Gasteiger partial charge in [-0.1, -0.05) is 6.92 Å². The summed E-state index contributed by atoms with van der Waals surface area (Å²) in [6.45, 7) is 2.68. The Morgan fingerprint density at radius 2 is 2.14 bits per heavy atom. The van der Waals surface area contributed by atoms with Crippen molar-refractivity contribution >= 4 is 11.3 Å². The molecular formula is C14H15N5O2. The smallest absolute Gasteiger partial charge is 0.218 e. The van der Waals surface area contributed by atoms with Crippen molar-refractivity contribution < 1.29 is 9.53 Å². The first kappa shape index (κ1) is 13.3. The van der Waals surface area contributed by atoms with Crippen molar-refractivity contribution in [3.8, 4) is 5.75 Å². The van der Waals surface area contributed by atoms with Crippen LogP contribution in [-0.2, 0) is 6.54 Å². The summed E-state index contributed by atoms with van der Waals surface area (Å²) in [6, 6.07) is 0. The fourth-order valence-corrected chi connectivity index (χ4v) is 2.26. The van der Waals surface area contributed by atoms with Crippen LogP contribution in [-0.4, -0.2) is 37.3 Å². The third-order valence-corrected chi connectivity index (χ3v) is 3.25. The lowest BCUT2D eigenvalue weighted by Crippen LogP contribution is -2.12. The van der Waals surface area contributed by atoms with Gasteiger partial charge in [0.05, 0.1) is 36.8 Å². The summed E-state index contributed by atoms with van der Waals surface area (Å²) in [5.74, 6) is 0.303. The van der Waals surface area contributed by atoms with Crippen LogP contribution in [0.4, 0.5) is 0 Å². The second-order valence-electron chi connectivity index (χ2n) is 4.58. The Morgan fingerprint density at radius 3 is 2.90 bits per heavy atom. The van der Waals surface area contributed by atoms with Crippen molar-refractivity contribution in [3.05, 3.63) is 42.2 Å². The number of ether oxygens (including phenoxy) is 1. The highest BCUT2D eigenvalue weighted by molar-refractivity contribution is 6.13. The summed E-state index contributed by atoms with van der Waals surface area (Å²) in [5, 5.41) is 8.38. The van der Waals surface area contributed by atoms with Gasteiger partial charge in [0.15, 0.2) is 11.4 Å². The normalized spacial score (nSPS) is 11.0. The number of methoxy groups -OCH3 is 1. The summed E-state index contributed by atoms with van der Waals surface area (Å²) in [7, 11) is 1.53. The number of aryl methyl sites for hydroxylation is 1. The molecular weight excluding hydrogens is 270 g/mol. The van der Waals surface area contributed by atoms with E-state index < -0.39 is 0 Å². The Hall–Kier alpha value is -2.70. The third kappa shape index (κ3) is 2.16. The maximum Gasteiger partial charge on any atom is 0.218 e. The molecule has 3 aromatic heterocycles. The van der Waals surface area contributed by atoms with Crippen LogP contribution in [0, 0.1) is 0 Å². The number of fused-ring (bicyclic) bond motifs is 1. The topological polar surface area (TPSA) is 74.3 Å². The second-order valence-corrected chi connectivity index (χ2v) is 4.58. The molecule has 3 rings (SSSR count). The predicted molar refractivity (Wildman–Crippen MR) is 75.5 cm³/mol. The molecule has 7 nitrogen and oxygen atoms in total. The molecule has 0 aliphatic carbocycles. The molecule has 108 valence electrons. The Labute approximate surface area is 121 Å². The molecule has 0 fully saturated rings. The second kappa shape index (κ2) is 5.35. The number of hydrogen-bond donors (Lipinski definition) is 0. The molecule has 21 heavy (non-hydrogen) atoms. The van der Waals surface area contributed by atoms with Crippen LogP contribution in [0.5, 0.6) is 5.75 Å². The predicted octanol–water partition coefficient (Wildman–Crippen LogP) is 1.58. The van der Waals surface area contributed by atoms with E-state index in [1.807, 2.05) is 6.92 Å². The number of ketones is 1. The van der Waals surface area contributed by atoms with Gasteiger partial charge in [0.2, 0.25) is 5.78 Å². The molecule has 0 amide bonds. The molecule has 0 saturated heterocycles. The number of aromatic nitrogens is 5. The molecule has 0 aliphatic rings. The van der Waals surface area contributed by atoms with E-state index >= 15 is 0 Å². The first-order valence-electron chi connectivity index (χ1n) is 6.68. The van der Waals surface area contributed by atoms with E-state index in [4.69, 9.17) is 4.74 Å². The molecule has 0 atom stereocenters. The van der Waals surface area contributed by atoms with E-state index in [1.54, 1.807) is 40.2 Å². The van der Waals surface area contributed by atoms with Gasteiger partial charge in [0, 0.05) is 18.9 Å². The SMILES string of the molecule is CCCn1ncc(OC)c1C(=O)c1cnn2ccncc12. The van der Waals surface area contributed by atoms with Crippen LogP contribution in [0.3, 0.4) is 0 Å². The maximum atomic E-state index is 12.8. The molecule has 3 aromatic rings. The largest absolute Gasteiger partial charge is 0.493 e. The van der Waals surface area contributed by atoms with E-state index in [0.717, 1.165) is 6.42 Å². The highest BCUT2D eigenvalue weighted by atomic mass is 16.5. The Bertz CT molecular complexity index is 790. The zero-order chi connectivity index (χ0) is 14.8. The minimum atomic E-state index is -0.166. The number of nitrogens with zero attached hydrogens (tertiary/aromatic N) is 5. The Balaban J connectivity index is 2.12. The van der Waals surface area contributed by atoms with E-state index in [2.05, 4.69) is 15.2 Å². The molecule has 0 radical (unpaired) electrons. The summed E-state index contributed by atoms with van der Waals surface area (Å²) < 4.78 is 8.54. The lowest BCUT2D eigenvalue weighted by molar-refractivity contribution is 0.102. The maximum absolute atomic E-state index is 12.8. The van der Waals surface area contributed by atoms with E-state index in [-0.39, 0.29) is 5.78 Å². The molecule has 0 N–H and O–H groups in total. The van der Waals surface area contributed by atoms with Crippen LogP contribution >= 0.6 is 0 Å². The number of rotatable bonds is 5. The fraction of sp³-hybridized carbons (Fsp3) is 0.286. The third-order valence-electron chi connectivity index (χ3n) is 3.25. The highest BCUT2D eigenvalue weighted by Gasteiger charge is 2.23. The van der Waals surface area contributed by atoms with Crippen molar-refractivity contribution in [1.29, 1.82) is 0 Å². The van der Waals surface area contributed by atoms with E-state index in [1.165, 1.54) is 7.11 Å². The molecule has 7 heteroatoms. The van der Waals surface area contributed by atoms with Gasteiger partial charge in [-0.25, -0.2) is 4.52 Å². The quantitative estimate of drug-likeness (QED) is 0.665. The van der Waals surface area contributed by atoms with Crippen molar-refractivity contribution in [2.45, 2.75) is 19.9 Å². The summed E-state index contributed by atoms with van der Waals surface area (Å²) in [5.41, 5.74) is 1.59. The van der Waals surface area contributed by atoms with Gasteiger partial charge in [-0.3, -0.25) is 14.5 Å². The van der Waals surface area contributed by atoms with Gasteiger partial charge in [-0.05, 0) is 6.42 Å². The first-order valence-corrected chi connectivity index (χ1v) is 6.68. The van der Waals surface area contributed by atoms with Crippen LogP contribution in [0.15, 0.2) is 31.0 Å². The van der Waals surface area contributed by atoms with Crippen molar-refractivity contribution in [2.24, 2.45) is 0 Å². The van der Waals surface area contributed by atoms with Gasteiger partial charge in [-0.2, -0.15) is 10.2 Å². The molecule has 3 heterocycles. The van der Waals surface area contributed by atoms with E-state index in [9.17, 15) is 4.79 Å². The summed E-state index contributed by atoms with van der Waals surface area (Å²) in [4.78, 5) is 16.9. The standard InChI is InChI=1S/C14H15N5O2/c1-3-5-19-13(12(21-2)9-17-19)14(20)10-7-16-18-6-4-15-8-11(10)18/h4,6-9H,3,5H2,1-2H3. The monoisotopic (exact) mass is 285 g/mol. The average Bonchev–Trinajstić information content (AvgIpc) is 3.10. The first-order chi connectivity index (χ1) is 10.3. The number of carbonyl (C=O) groups excluding carboxylic acids is 1. The Kier molecular flexibility index (Phi) is 3.39. The van der Waals surface area contributed by atoms with Crippen LogP contribution in [0.2, 0.25) is 0 Å². The molecule has 0 saturated carbocycles. The lowest BCUT2D eigenvalue weighted by atomic mass is 10.1. The molecule has 0 aromatic carbocycles. The molecule has 0 bridgehead atoms. The van der Waals surface area contributed by atoms with Crippen LogP contribution in [0.1, 0.15) is 29.4 Å². The van der Waals surface area contributed by atoms with Crippen molar-refractivity contribution in [2.75, 3.05) is 7.11 Å². The Morgan fingerprint density at radius 1 is 1.29 bits per heavy atom. The zero-order valence-electron chi connectivity index (χ0n) is 11.9. The van der Waals surface area contributed by atoms with Gasteiger partial charge in [0.1, 0.15) is 0 Å². The molecule has 0 aliphatic heterocycles. The minimum Gasteiger partial charge on any atom is -0.493 e. The fourth-order valence-electron chi connectivity index (χ4n) is 2.26. The van der Waals surface area contributed by atoms with E-state index in [0.29, 0.717) is 29.1 Å². The number of hydrogen-bond acceptors (Lipinski definition) is 5. The zero-order valence-corrected chi connectivity index (χ0v) is 11.9. The molecule has 0 spiro atoms. The van der Waals surface area contributed by atoms with Gasteiger partial charge in [0.25, 0.3) is 0 Å². The number of carbonyl (C=O) groups is 1. The van der Waals surface area contributed by atoms with Crippen molar-refractivity contribution in [1.82, 2.24) is 24.4 Å². The van der Waals surface area contributed by atoms with Crippen LogP contribution < -0.4 is 4.74 Å². The summed E-state index contributed by atoms with van der Waals surface area (Å²) >= 11 is 0. The van der Waals surface area contributed by atoms with Gasteiger partial charge < -0.3 is 4.74 Å².